The third kappa shape index (κ3) is 4.12. The average Bonchev–Trinajstić information content (AvgIpc) is 2.73. The maximum atomic E-state index is 12.8. The zero-order valence-electron chi connectivity index (χ0n) is 16.7. The van der Waals surface area contributed by atoms with Crippen molar-refractivity contribution in [1.82, 2.24) is 15.1 Å². The zero-order valence-corrected chi connectivity index (χ0v) is 16.7. The van der Waals surface area contributed by atoms with Crippen LogP contribution in [0.3, 0.4) is 0 Å². The maximum absolute atomic E-state index is 12.8. The predicted octanol–water partition coefficient (Wildman–Crippen LogP) is 1.29. The van der Waals surface area contributed by atoms with Crippen molar-refractivity contribution in [3.63, 3.8) is 0 Å². The van der Waals surface area contributed by atoms with Gasteiger partial charge >= 0.3 is 0 Å². The van der Waals surface area contributed by atoms with Crippen LogP contribution in [0.25, 0.3) is 10.8 Å². The molecule has 6 nitrogen and oxygen atoms in total. The third-order valence-corrected chi connectivity index (χ3v) is 5.17. The lowest BCUT2D eigenvalue weighted by Gasteiger charge is -2.18. The first-order chi connectivity index (χ1) is 13.5. The lowest BCUT2D eigenvalue weighted by molar-refractivity contribution is -0.910. The number of rotatable bonds is 7. The molecule has 28 heavy (non-hydrogen) atoms. The second-order valence-corrected chi connectivity index (χ2v) is 6.91. The second-order valence-electron chi connectivity index (χ2n) is 6.91. The summed E-state index contributed by atoms with van der Waals surface area (Å²) >= 11 is 0. The van der Waals surface area contributed by atoms with E-state index in [2.05, 4.69) is 30.3 Å². The highest BCUT2D eigenvalue weighted by molar-refractivity contribution is 6.04. The quantitative estimate of drug-likeness (QED) is 0.650. The normalized spacial score (nSPS) is 11.1. The molecular formula is C22H27N4O2+. The van der Waals surface area contributed by atoms with E-state index in [0.29, 0.717) is 17.3 Å². The number of carbonyl (C=O) groups is 1. The fraction of sp³-hybridized carbons (Fsp3) is 0.318. The molecular weight excluding hydrogens is 352 g/mol. The average molecular weight is 379 g/mol. The van der Waals surface area contributed by atoms with E-state index < -0.39 is 0 Å². The Morgan fingerprint density at radius 1 is 1.00 bits per heavy atom. The standard InChI is InChI=1S/C22H26N4O2/c1-4-26(5-2)15-17-11-7-6-10-16(17)14-23-21(27)20-18-12-8-9-13-19(18)22(28)25(3)24-20/h6-13H,4-5,14-15H2,1-3H3,(H,23,27)/p+1. The van der Waals surface area contributed by atoms with Crippen LogP contribution in [-0.2, 0) is 20.1 Å². The molecule has 0 aliphatic heterocycles. The van der Waals surface area contributed by atoms with E-state index >= 15 is 0 Å². The van der Waals surface area contributed by atoms with Crippen molar-refractivity contribution in [2.75, 3.05) is 13.1 Å². The first kappa shape index (κ1) is 19.8. The zero-order chi connectivity index (χ0) is 20.1. The van der Waals surface area contributed by atoms with Crippen molar-refractivity contribution in [2.24, 2.45) is 7.05 Å². The van der Waals surface area contributed by atoms with Crippen molar-refractivity contribution in [1.29, 1.82) is 0 Å². The van der Waals surface area contributed by atoms with E-state index in [1.165, 1.54) is 15.1 Å². The van der Waals surface area contributed by atoms with Gasteiger partial charge in [0.25, 0.3) is 11.5 Å². The van der Waals surface area contributed by atoms with Gasteiger partial charge in [0, 0.05) is 24.5 Å². The molecule has 2 N–H and O–H groups in total. The van der Waals surface area contributed by atoms with Gasteiger partial charge in [-0.2, -0.15) is 5.10 Å². The maximum Gasteiger partial charge on any atom is 0.274 e. The van der Waals surface area contributed by atoms with Gasteiger partial charge < -0.3 is 10.2 Å². The third-order valence-electron chi connectivity index (χ3n) is 5.17. The summed E-state index contributed by atoms with van der Waals surface area (Å²) in [6.07, 6.45) is 0. The smallest absolute Gasteiger partial charge is 0.274 e. The molecule has 0 atom stereocenters. The van der Waals surface area contributed by atoms with Crippen molar-refractivity contribution < 1.29 is 9.69 Å². The Kier molecular flexibility index (Phi) is 6.21. The van der Waals surface area contributed by atoms with Crippen LogP contribution in [0.5, 0.6) is 0 Å². The molecule has 1 amide bonds. The van der Waals surface area contributed by atoms with Gasteiger partial charge in [-0.1, -0.05) is 42.5 Å². The molecule has 0 fully saturated rings. The van der Waals surface area contributed by atoms with E-state index in [0.717, 1.165) is 25.2 Å². The molecule has 0 unspecified atom stereocenters. The van der Waals surface area contributed by atoms with Crippen molar-refractivity contribution in [2.45, 2.75) is 26.9 Å². The summed E-state index contributed by atoms with van der Waals surface area (Å²) in [7, 11) is 1.56. The monoisotopic (exact) mass is 379 g/mol. The molecule has 2 aromatic carbocycles. The Morgan fingerprint density at radius 3 is 2.29 bits per heavy atom. The summed E-state index contributed by atoms with van der Waals surface area (Å²) in [6, 6.07) is 15.3. The van der Waals surface area contributed by atoms with Gasteiger partial charge in [0.2, 0.25) is 0 Å². The summed E-state index contributed by atoms with van der Waals surface area (Å²) < 4.78 is 1.22. The Hall–Kier alpha value is -2.99. The second kappa shape index (κ2) is 8.80. The molecule has 0 aliphatic carbocycles. The SMILES string of the molecule is CC[NH+](CC)Cc1ccccc1CNC(=O)c1nn(C)c(=O)c2ccccc12. The molecule has 0 spiro atoms. The molecule has 1 aromatic heterocycles. The molecule has 0 aliphatic rings. The van der Waals surface area contributed by atoms with E-state index in [4.69, 9.17) is 0 Å². The van der Waals surface area contributed by atoms with Crippen LogP contribution in [0.1, 0.15) is 35.5 Å². The number of quaternary nitrogens is 1. The van der Waals surface area contributed by atoms with E-state index in [-0.39, 0.29) is 17.2 Å². The van der Waals surface area contributed by atoms with Crippen molar-refractivity contribution in [3.8, 4) is 0 Å². The van der Waals surface area contributed by atoms with Crippen LogP contribution in [-0.4, -0.2) is 28.8 Å². The summed E-state index contributed by atoms with van der Waals surface area (Å²) in [5.74, 6) is -0.281. The molecule has 1 heterocycles. The number of carbonyl (C=O) groups excluding carboxylic acids is 1. The first-order valence-electron chi connectivity index (χ1n) is 9.69. The highest BCUT2D eigenvalue weighted by Crippen LogP contribution is 2.13. The number of aromatic nitrogens is 2. The van der Waals surface area contributed by atoms with Crippen LogP contribution in [0, 0.1) is 0 Å². The number of nitrogens with one attached hydrogen (secondary N) is 2. The molecule has 0 saturated heterocycles. The highest BCUT2D eigenvalue weighted by atomic mass is 16.2. The summed E-state index contributed by atoms with van der Waals surface area (Å²) in [4.78, 5) is 26.6. The molecule has 3 rings (SSSR count). The van der Waals surface area contributed by atoms with E-state index in [1.54, 1.807) is 25.2 Å². The van der Waals surface area contributed by atoms with Crippen LogP contribution in [0.2, 0.25) is 0 Å². The number of fused-ring (bicyclic) bond motifs is 1. The molecule has 0 bridgehead atoms. The number of hydrogen-bond acceptors (Lipinski definition) is 3. The largest absolute Gasteiger partial charge is 0.347 e. The van der Waals surface area contributed by atoms with Gasteiger partial charge in [0.1, 0.15) is 6.54 Å². The Labute approximate surface area is 164 Å². The molecule has 3 aromatic rings. The van der Waals surface area contributed by atoms with Crippen LogP contribution >= 0.6 is 0 Å². The topological polar surface area (TPSA) is 68.4 Å². The van der Waals surface area contributed by atoms with Gasteiger partial charge in [0.05, 0.1) is 18.5 Å². The van der Waals surface area contributed by atoms with Gasteiger partial charge in [-0.15, -0.1) is 0 Å². The first-order valence-corrected chi connectivity index (χ1v) is 9.69. The van der Waals surface area contributed by atoms with Gasteiger partial charge in [-0.25, -0.2) is 4.68 Å². The lowest BCUT2D eigenvalue weighted by atomic mass is 10.1. The van der Waals surface area contributed by atoms with Crippen molar-refractivity contribution in [3.05, 3.63) is 75.7 Å². The highest BCUT2D eigenvalue weighted by Gasteiger charge is 2.16. The number of benzene rings is 2. The molecule has 6 heteroatoms. The van der Waals surface area contributed by atoms with Gasteiger partial charge in [-0.05, 0) is 25.5 Å². The predicted molar refractivity (Wildman–Crippen MR) is 110 cm³/mol. The summed E-state index contributed by atoms with van der Waals surface area (Å²) in [5.41, 5.74) is 2.40. The Bertz CT molecular complexity index is 1040. The fourth-order valence-corrected chi connectivity index (χ4v) is 3.40. The lowest BCUT2D eigenvalue weighted by Crippen LogP contribution is -3.10. The minimum absolute atomic E-state index is 0.209. The molecule has 0 radical (unpaired) electrons. The number of nitrogens with zero attached hydrogens (tertiary/aromatic N) is 2. The minimum atomic E-state index is -0.281. The van der Waals surface area contributed by atoms with Gasteiger partial charge in [0.15, 0.2) is 5.69 Å². The van der Waals surface area contributed by atoms with Crippen molar-refractivity contribution >= 4 is 16.7 Å². The summed E-state index contributed by atoms with van der Waals surface area (Å²) in [6.45, 7) is 7.84. The van der Waals surface area contributed by atoms with E-state index in [9.17, 15) is 9.59 Å². The number of amides is 1. The molecule has 0 saturated carbocycles. The summed E-state index contributed by atoms with van der Waals surface area (Å²) in [5, 5.41) is 8.25. The van der Waals surface area contributed by atoms with Crippen LogP contribution < -0.4 is 15.8 Å². The van der Waals surface area contributed by atoms with Crippen LogP contribution in [0.15, 0.2) is 53.3 Å². The van der Waals surface area contributed by atoms with Crippen LogP contribution in [0.4, 0.5) is 0 Å². The van der Waals surface area contributed by atoms with Gasteiger partial charge in [-0.3, -0.25) is 9.59 Å². The molecule has 146 valence electrons. The number of hydrogen-bond donors (Lipinski definition) is 2. The Morgan fingerprint density at radius 2 is 1.61 bits per heavy atom. The number of aryl methyl sites for hydroxylation is 1. The minimum Gasteiger partial charge on any atom is -0.347 e. The fourth-order valence-electron chi connectivity index (χ4n) is 3.40. The Balaban J connectivity index is 1.84. The van der Waals surface area contributed by atoms with E-state index in [1.807, 2.05) is 24.3 Å².